The van der Waals surface area contributed by atoms with Crippen LogP contribution < -0.4 is 5.73 Å². The Bertz CT molecular complexity index is 584. The van der Waals surface area contributed by atoms with Crippen molar-refractivity contribution in [1.29, 1.82) is 0 Å². The van der Waals surface area contributed by atoms with Gasteiger partial charge in [0.15, 0.2) is 0 Å². The summed E-state index contributed by atoms with van der Waals surface area (Å²) >= 11 is 5.84. The summed E-state index contributed by atoms with van der Waals surface area (Å²) in [5, 5.41) is 0.142. The first-order valence-corrected chi connectivity index (χ1v) is 5.20. The Labute approximate surface area is 105 Å². The number of aromatic nitrogens is 2. The van der Waals surface area contributed by atoms with Gasteiger partial charge in [-0.25, -0.2) is 9.97 Å². The summed E-state index contributed by atoms with van der Waals surface area (Å²) in [5.74, 6) is 0. The second-order valence-electron chi connectivity index (χ2n) is 3.52. The van der Waals surface area contributed by atoms with E-state index < -0.39 is 11.7 Å². The highest BCUT2D eigenvalue weighted by atomic mass is 35.5. The van der Waals surface area contributed by atoms with Crippen molar-refractivity contribution in [2.24, 2.45) is 0 Å². The van der Waals surface area contributed by atoms with E-state index in [0.717, 1.165) is 12.1 Å². The van der Waals surface area contributed by atoms with Crippen LogP contribution in [0.3, 0.4) is 0 Å². The SMILES string of the molecule is Nc1ccc(C(F)(F)F)cc1-c1ncncc1Cl. The van der Waals surface area contributed by atoms with Crippen molar-refractivity contribution in [2.45, 2.75) is 6.18 Å². The van der Waals surface area contributed by atoms with Gasteiger partial charge < -0.3 is 5.73 Å². The Morgan fingerprint density at radius 3 is 2.56 bits per heavy atom. The van der Waals surface area contributed by atoms with Gasteiger partial charge in [0, 0.05) is 17.4 Å². The lowest BCUT2D eigenvalue weighted by molar-refractivity contribution is -0.137. The summed E-state index contributed by atoms with van der Waals surface area (Å²) in [6.45, 7) is 0. The van der Waals surface area contributed by atoms with E-state index in [1.807, 2.05) is 0 Å². The van der Waals surface area contributed by atoms with Crippen molar-refractivity contribution in [2.75, 3.05) is 5.73 Å². The van der Waals surface area contributed by atoms with Crippen molar-refractivity contribution in [3.8, 4) is 11.3 Å². The van der Waals surface area contributed by atoms with E-state index in [9.17, 15) is 13.2 Å². The van der Waals surface area contributed by atoms with Crippen molar-refractivity contribution in [3.05, 3.63) is 41.3 Å². The Hall–Kier alpha value is -1.82. The molecule has 1 aromatic heterocycles. The maximum absolute atomic E-state index is 12.6. The molecule has 0 aliphatic carbocycles. The molecule has 0 bridgehead atoms. The van der Waals surface area contributed by atoms with Gasteiger partial charge in [-0.15, -0.1) is 0 Å². The van der Waals surface area contributed by atoms with Crippen molar-refractivity contribution >= 4 is 17.3 Å². The number of benzene rings is 1. The number of nitrogen functional groups attached to an aromatic ring is 1. The van der Waals surface area contributed by atoms with Crippen LogP contribution in [0.1, 0.15) is 5.56 Å². The molecule has 2 N–H and O–H groups in total. The van der Waals surface area contributed by atoms with Crippen molar-refractivity contribution in [3.63, 3.8) is 0 Å². The molecule has 0 unspecified atom stereocenters. The molecular weight excluding hydrogens is 267 g/mol. The van der Waals surface area contributed by atoms with Crippen LogP contribution >= 0.6 is 11.6 Å². The molecule has 3 nitrogen and oxygen atoms in total. The molecular formula is C11H7ClF3N3. The molecule has 0 spiro atoms. The summed E-state index contributed by atoms with van der Waals surface area (Å²) in [6.07, 6.45) is -1.95. The highest BCUT2D eigenvalue weighted by Crippen LogP contribution is 2.36. The number of anilines is 1. The fourth-order valence-corrected chi connectivity index (χ4v) is 1.66. The minimum atomic E-state index is -4.44. The molecule has 0 saturated heterocycles. The molecule has 0 atom stereocenters. The predicted octanol–water partition coefficient (Wildman–Crippen LogP) is 3.40. The molecule has 2 aromatic rings. The minimum absolute atomic E-state index is 0.136. The summed E-state index contributed by atoms with van der Waals surface area (Å²) in [5.41, 5.74) is 5.33. The molecule has 0 radical (unpaired) electrons. The van der Waals surface area contributed by atoms with E-state index in [1.165, 1.54) is 18.6 Å². The lowest BCUT2D eigenvalue weighted by Gasteiger charge is -2.11. The van der Waals surface area contributed by atoms with Gasteiger partial charge in [-0.05, 0) is 18.2 Å². The Morgan fingerprint density at radius 2 is 1.94 bits per heavy atom. The Balaban J connectivity index is 2.61. The van der Waals surface area contributed by atoms with Crippen LogP contribution in [0.25, 0.3) is 11.3 Å². The van der Waals surface area contributed by atoms with Crippen LogP contribution in [0.5, 0.6) is 0 Å². The number of alkyl halides is 3. The van der Waals surface area contributed by atoms with Crippen molar-refractivity contribution < 1.29 is 13.2 Å². The van der Waals surface area contributed by atoms with Crippen LogP contribution in [0.15, 0.2) is 30.7 Å². The maximum Gasteiger partial charge on any atom is 0.416 e. The number of hydrogen-bond acceptors (Lipinski definition) is 3. The van der Waals surface area contributed by atoms with Crippen LogP contribution in [-0.4, -0.2) is 9.97 Å². The maximum atomic E-state index is 12.6. The van der Waals surface area contributed by atoms with Crippen LogP contribution in [0.2, 0.25) is 5.02 Å². The molecule has 18 heavy (non-hydrogen) atoms. The minimum Gasteiger partial charge on any atom is -0.398 e. The standard InChI is InChI=1S/C11H7ClF3N3/c12-8-4-17-5-18-10(8)7-3-6(11(13,14)15)1-2-9(7)16/h1-5H,16H2. The molecule has 2 rings (SSSR count). The zero-order valence-electron chi connectivity index (χ0n) is 8.87. The second kappa shape index (κ2) is 4.45. The number of hydrogen-bond donors (Lipinski definition) is 1. The van der Waals surface area contributed by atoms with Gasteiger partial charge in [-0.3, -0.25) is 0 Å². The third-order valence-electron chi connectivity index (χ3n) is 2.30. The first-order valence-electron chi connectivity index (χ1n) is 4.82. The van der Waals surface area contributed by atoms with Crippen LogP contribution in [0, 0.1) is 0 Å². The second-order valence-corrected chi connectivity index (χ2v) is 3.93. The summed E-state index contributed by atoms with van der Waals surface area (Å²) in [7, 11) is 0. The van der Waals surface area contributed by atoms with E-state index in [-0.39, 0.29) is 22.0 Å². The van der Waals surface area contributed by atoms with E-state index >= 15 is 0 Å². The Kier molecular flexibility index (Phi) is 3.13. The Morgan fingerprint density at radius 1 is 1.22 bits per heavy atom. The highest BCUT2D eigenvalue weighted by Gasteiger charge is 2.31. The zero-order chi connectivity index (χ0) is 13.3. The number of nitrogens with zero attached hydrogens (tertiary/aromatic N) is 2. The third kappa shape index (κ3) is 2.38. The van der Waals surface area contributed by atoms with Gasteiger partial charge in [-0.2, -0.15) is 13.2 Å². The fourth-order valence-electron chi connectivity index (χ4n) is 1.45. The zero-order valence-corrected chi connectivity index (χ0v) is 9.63. The van der Waals surface area contributed by atoms with Gasteiger partial charge in [0.25, 0.3) is 0 Å². The number of nitrogens with two attached hydrogens (primary N) is 1. The lowest BCUT2D eigenvalue weighted by Crippen LogP contribution is -2.06. The normalized spacial score (nSPS) is 11.6. The first-order chi connectivity index (χ1) is 8.39. The third-order valence-corrected chi connectivity index (χ3v) is 2.58. The summed E-state index contributed by atoms with van der Waals surface area (Å²) < 4.78 is 37.8. The van der Waals surface area contributed by atoms with Crippen LogP contribution in [0.4, 0.5) is 18.9 Å². The smallest absolute Gasteiger partial charge is 0.398 e. The summed E-state index contributed by atoms with van der Waals surface area (Å²) in [4.78, 5) is 7.51. The lowest BCUT2D eigenvalue weighted by atomic mass is 10.1. The van der Waals surface area contributed by atoms with Gasteiger partial charge in [0.05, 0.1) is 16.3 Å². The monoisotopic (exact) mass is 273 g/mol. The summed E-state index contributed by atoms with van der Waals surface area (Å²) in [6, 6.07) is 3.01. The quantitative estimate of drug-likeness (QED) is 0.810. The van der Waals surface area contributed by atoms with Crippen LogP contribution in [-0.2, 0) is 6.18 Å². The largest absolute Gasteiger partial charge is 0.416 e. The molecule has 0 aliphatic heterocycles. The molecule has 94 valence electrons. The van der Waals surface area contributed by atoms with E-state index in [2.05, 4.69) is 9.97 Å². The predicted molar refractivity (Wildman–Crippen MR) is 61.9 cm³/mol. The molecule has 0 amide bonds. The molecule has 0 aliphatic rings. The average molecular weight is 274 g/mol. The molecule has 1 heterocycles. The molecule has 0 fully saturated rings. The molecule has 0 saturated carbocycles. The molecule has 1 aromatic carbocycles. The fraction of sp³-hybridized carbons (Fsp3) is 0.0909. The van der Waals surface area contributed by atoms with Gasteiger partial charge in [0.1, 0.15) is 6.33 Å². The number of rotatable bonds is 1. The topological polar surface area (TPSA) is 51.8 Å². The van der Waals surface area contributed by atoms with Crippen molar-refractivity contribution in [1.82, 2.24) is 9.97 Å². The van der Waals surface area contributed by atoms with E-state index in [0.29, 0.717) is 0 Å². The average Bonchev–Trinajstić information content (AvgIpc) is 2.29. The van der Waals surface area contributed by atoms with E-state index in [1.54, 1.807) is 0 Å². The highest BCUT2D eigenvalue weighted by molar-refractivity contribution is 6.33. The molecule has 7 heteroatoms. The van der Waals surface area contributed by atoms with Gasteiger partial charge in [0.2, 0.25) is 0 Å². The van der Waals surface area contributed by atoms with E-state index in [4.69, 9.17) is 17.3 Å². The van der Waals surface area contributed by atoms with Gasteiger partial charge in [-0.1, -0.05) is 11.6 Å². The number of halogens is 4. The first kappa shape index (κ1) is 12.6. The van der Waals surface area contributed by atoms with Gasteiger partial charge >= 0.3 is 6.18 Å².